The van der Waals surface area contributed by atoms with Crippen molar-refractivity contribution < 1.29 is 9.53 Å². The molecule has 0 bridgehead atoms. The molecule has 9 nitrogen and oxygen atoms in total. The predicted molar refractivity (Wildman–Crippen MR) is 134 cm³/mol. The average molecular weight is 456 g/mol. The second-order valence-electron chi connectivity index (χ2n) is 7.59. The molecule has 0 aliphatic carbocycles. The van der Waals surface area contributed by atoms with Crippen LogP contribution in [0.15, 0.2) is 73.2 Å². The summed E-state index contributed by atoms with van der Waals surface area (Å²) >= 11 is 0. The molecule has 0 spiro atoms. The van der Waals surface area contributed by atoms with Crippen LogP contribution in [0.2, 0.25) is 0 Å². The quantitative estimate of drug-likeness (QED) is 0.286. The maximum Gasteiger partial charge on any atom is 0.323 e. The van der Waals surface area contributed by atoms with Gasteiger partial charge in [0.1, 0.15) is 29.5 Å². The Morgan fingerprint density at radius 3 is 2.18 bits per heavy atom. The zero-order valence-electron chi connectivity index (χ0n) is 19.1. The Kier molecular flexibility index (Phi) is 6.83. The molecule has 2 heterocycles. The first-order valence-electron chi connectivity index (χ1n) is 10.6. The number of benzene rings is 2. The number of anilines is 6. The summed E-state index contributed by atoms with van der Waals surface area (Å²) in [4.78, 5) is 25.2. The minimum atomic E-state index is -0.328. The third-order valence-corrected chi connectivity index (χ3v) is 4.94. The lowest BCUT2D eigenvalue weighted by Crippen LogP contribution is -2.19. The SMILES string of the molecule is COc1ccc(NC(=O)Nc2ccc(Nc3cc(Nc4cc(C)ccn4)ncn3)cc2)c(C)c1. The van der Waals surface area contributed by atoms with E-state index in [2.05, 4.69) is 36.2 Å². The van der Waals surface area contributed by atoms with Gasteiger partial charge in [0, 0.05) is 29.3 Å². The largest absolute Gasteiger partial charge is 0.497 e. The molecule has 34 heavy (non-hydrogen) atoms. The molecule has 0 radical (unpaired) electrons. The van der Waals surface area contributed by atoms with Crippen LogP contribution in [-0.4, -0.2) is 28.1 Å². The summed E-state index contributed by atoms with van der Waals surface area (Å²) in [5.41, 5.74) is 4.20. The fourth-order valence-electron chi connectivity index (χ4n) is 3.20. The van der Waals surface area contributed by atoms with Gasteiger partial charge in [-0.05, 0) is 79.6 Å². The van der Waals surface area contributed by atoms with E-state index in [1.165, 1.54) is 6.33 Å². The second kappa shape index (κ2) is 10.3. The highest BCUT2D eigenvalue weighted by molar-refractivity contribution is 6.00. The zero-order valence-corrected chi connectivity index (χ0v) is 19.1. The predicted octanol–water partition coefficient (Wildman–Crippen LogP) is 5.63. The van der Waals surface area contributed by atoms with Crippen LogP contribution in [0.4, 0.5) is 39.3 Å². The van der Waals surface area contributed by atoms with Gasteiger partial charge in [-0.25, -0.2) is 19.7 Å². The van der Waals surface area contributed by atoms with Gasteiger partial charge < -0.3 is 26.0 Å². The number of urea groups is 1. The molecule has 172 valence electrons. The number of carbonyl (C=O) groups excluding carboxylic acids is 1. The molecule has 4 rings (SSSR count). The van der Waals surface area contributed by atoms with E-state index in [4.69, 9.17) is 4.74 Å². The molecule has 2 aromatic heterocycles. The number of methoxy groups -OCH3 is 1. The zero-order chi connectivity index (χ0) is 23.9. The van der Waals surface area contributed by atoms with Gasteiger partial charge >= 0.3 is 6.03 Å². The van der Waals surface area contributed by atoms with Crippen LogP contribution in [0.5, 0.6) is 5.75 Å². The van der Waals surface area contributed by atoms with Crippen LogP contribution in [-0.2, 0) is 0 Å². The number of nitrogens with zero attached hydrogens (tertiary/aromatic N) is 3. The third kappa shape index (κ3) is 5.98. The second-order valence-corrected chi connectivity index (χ2v) is 7.59. The number of rotatable bonds is 7. The number of aromatic nitrogens is 3. The van der Waals surface area contributed by atoms with Gasteiger partial charge in [0.05, 0.1) is 7.11 Å². The van der Waals surface area contributed by atoms with Gasteiger partial charge in [0.15, 0.2) is 0 Å². The molecule has 2 aromatic carbocycles. The molecule has 9 heteroatoms. The molecule has 0 atom stereocenters. The van der Waals surface area contributed by atoms with Crippen molar-refractivity contribution in [1.82, 2.24) is 15.0 Å². The van der Waals surface area contributed by atoms with Crippen molar-refractivity contribution in [2.45, 2.75) is 13.8 Å². The average Bonchev–Trinajstić information content (AvgIpc) is 2.82. The van der Waals surface area contributed by atoms with Crippen LogP contribution >= 0.6 is 0 Å². The Labute approximate surface area is 197 Å². The summed E-state index contributed by atoms with van der Waals surface area (Å²) in [5.74, 6) is 2.70. The van der Waals surface area contributed by atoms with Gasteiger partial charge in [0.2, 0.25) is 0 Å². The lowest BCUT2D eigenvalue weighted by Gasteiger charge is -2.12. The van der Waals surface area contributed by atoms with E-state index in [1.807, 2.05) is 44.2 Å². The Hall–Kier alpha value is -4.66. The van der Waals surface area contributed by atoms with Crippen LogP contribution in [0, 0.1) is 13.8 Å². The summed E-state index contributed by atoms with van der Waals surface area (Å²) in [6.07, 6.45) is 3.22. The molecule has 0 saturated carbocycles. The highest BCUT2D eigenvalue weighted by Gasteiger charge is 2.07. The number of ether oxygens (including phenoxy) is 1. The molecule has 2 amide bonds. The molecule has 0 saturated heterocycles. The molecular formula is C25H25N7O2. The minimum Gasteiger partial charge on any atom is -0.497 e. The maximum absolute atomic E-state index is 12.4. The lowest BCUT2D eigenvalue weighted by atomic mass is 10.2. The van der Waals surface area contributed by atoms with Gasteiger partial charge in [0.25, 0.3) is 0 Å². The monoisotopic (exact) mass is 455 g/mol. The molecule has 0 aliphatic heterocycles. The third-order valence-electron chi connectivity index (χ3n) is 4.94. The number of hydrogen-bond acceptors (Lipinski definition) is 7. The Bertz CT molecular complexity index is 1290. The highest BCUT2D eigenvalue weighted by Crippen LogP contribution is 2.23. The maximum atomic E-state index is 12.4. The number of aryl methyl sites for hydroxylation is 2. The first-order valence-corrected chi connectivity index (χ1v) is 10.6. The summed E-state index contributed by atoms with van der Waals surface area (Å²) < 4.78 is 5.19. The van der Waals surface area contributed by atoms with Crippen LogP contribution in [0.25, 0.3) is 0 Å². The van der Waals surface area contributed by atoms with Crippen molar-refractivity contribution in [3.05, 3.63) is 84.3 Å². The number of carbonyl (C=O) groups is 1. The number of amides is 2. The fourth-order valence-corrected chi connectivity index (χ4v) is 3.20. The summed E-state index contributed by atoms with van der Waals surface area (Å²) in [6.45, 7) is 3.91. The summed E-state index contributed by atoms with van der Waals surface area (Å²) in [5, 5.41) is 12.1. The number of hydrogen-bond donors (Lipinski definition) is 4. The Morgan fingerprint density at radius 1 is 0.765 bits per heavy atom. The minimum absolute atomic E-state index is 0.328. The Balaban J connectivity index is 1.35. The van der Waals surface area contributed by atoms with Gasteiger partial charge in [-0.3, -0.25) is 0 Å². The first kappa shape index (κ1) is 22.5. The molecule has 4 N–H and O–H groups in total. The van der Waals surface area contributed by atoms with Gasteiger partial charge in [-0.15, -0.1) is 0 Å². The number of nitrogens with one attached hydrogen (secondary N) is 4. The van der Waals surface area contributed by atoms with E-state index < -0.39 is 0 Å². The molecule has 0 unspecified atom stereocenters. The van der Waals surface area contributed by atoms with Crippen LogP contribution in [0.1, 0.15) is 11.1 Å². The molecular weight excluding hydrogens is 430 g/mol. The van der Waals surface area contributed by atoms with E-state index in [9.17, 15) is 4.79 Å². The van der Waals surface area contributed by atoms with E-state index in [1.54, 1.807) is 43.6 Å². The van der Waals surface area contributed by atoms with Crippen molar-refractivity contribution in [2.24, 2.45) is 0 Å². The van der Waals surface area contributed by atoms with Gasteiger partial charge in [-0.2, -0.15) is 0 Å². The lowest BCUT2D eigenvalue weighted by molar-refractivity contribution is 0.262. The van der Waals surface area contributed by atoms with Crippen LogP contribution < -0.4 is 26.0 Å². The number of pyridine rings is 1. The first-order chi connectivity index (χ1) is 16.5. The standard InChI is InChI=1S/C25H25N7O2/c1-16-10-11-26-22(12-16)32-24-14-23(27-15-28-24)29-18-4-6-19(7-5-18)30-25(33)31-21-9-8-20(34-3)13-17(21)2/h4-15H,1-3H3,(H2,30,31,33)(H2,26,27,28,29,32). The van der Waals surface area contributed by atoms with E-state index in [0.29, 0.717) is 28.8 Å². The molecule has 0 fully saturated rings. The van der Waals surface area contributed by atoms with Crippen molar-refractivity contribution >= 4 is 40.5 Å². The highest BCUT2D eigenvalue weighted by atomic mass is 16.5. The topological polar surface area (TPSA) is 113 Å². The molecule has 0 aliphatic rings. The van der Waals surface area contributed by atoms with Crippen molar-refractivity contribution in [3.8, 4) is 5.75 Å². The fraction of sp³-hybridized carbons (Fsp3) is 0.120. The van der Waals surface area contributed by atoms with Crippen molar-refractivity contribution in [1.29, 1.82) is 0 Å². The van der Waals surface area contributed by atoms with Crippen LogP contribution in [0.3, 0.4) is 0 Å². The van der Waals surface area contributed by atoms with Crippen molar-refractivity contribution in [3.63, 3.8) is 0 Å². The summed E-state index contributed by atoms with van der Waals surface area (Å²) in [7, 11) is 1.61. The van der Waals surface area contributed by atoms with Crippen molar-refractivity contribution in [2.75, 3.05) is 28.4 Å². The smallest absolute Gasteiger partial charge is 0.323 e. The van der Waals surface area contributed by atoms with E-state index in [0.717, 1.165) is 22.6 Å². The van der Waals surface area contributed by atoms with E-state index >= 15 is 0 Å². The molecule has 4 aromatic rings. The van der Waals surface area contributed by atoms with E-state index in [-0.39, 0.29) is 6.03 Å². The van der Waals surface area contributed by atoms with Gasteiger partial charge in [-0.1, -0.05) is 0 Å². The summed E-state index contributed by atoms with van der Waals surface area (Å²) in [6, 6.07) is 18.1. The normalized spacial score (nSPS) is 10.3. The Morgan fingerprint density at radius 2 is 1.47 bits per heavy atom.